The van der Waals surface area contributed by atoms with Gasteiger partial charge in [0.25, 0.3) is 0 Å². The molecule has 0 fully saturated rings. The maximum absolute atomic E-state index is 11.1. The highest BCUT2D eigenvalue weighted by Gasteiger charge is 2.14. The summed E-state index contributed by atoms with van der Waals surface area (Å²) in [5.41, 5.74) is 0.766. The molecule has 0 aliphatic rings. The number of carbonyl (C=O) groups is 1. The zero-order valence-corrected chi connectivity index (χ0v) is 9.66. The molecule has 1 rings (SSSR count). The molecule has 3 nitrogen and oxygen atoms in total. The summed E-state index contributed by atoms with van der Waals surface area (Å²) < 4.78 is 0. The van der Waals surface area contributed by atoms with Crippen molar-refractivity contribution in [2.24, 2.45) is 0 Å². The number of halogens is 1. The van der Waals surface area contributed by atoms with Crippen LogP contribution in [0.2, 0.25) is 5.02 Å². The summed E-state index contributed by atoms with van der Waals surface area (Å²) >= 11 is 5.76. The van der Waals surface area contributed by atoms with E-state index in [1.807, 2.05) is 6.92 Å². The van der Waals surface area contributed by atoms with E-state index < -0.39 is 5.97 Å². The second kappa shape index (κ2) is 5.43. The first-order valence-electron chi connectivity index (χ1n) is 4.81. The number of hydrogen-bond donors (Lipinski definition) is 1. The van der Waals surface area contributed by atoms with Crippen molar-refractivity contribution in [3.63, 3.8) is 0 Å². The van der Waals surface area contributed by atoms with Crippen molar-refractivity contribution in [2.75, 3.05) is 18.0 Å². The van der Waals surface area contributed by atoms with E-state index in [1.54, 1.807) is 17.0 Å². The number of terminal acetylenes is 1. The molecule has 0 aliphatic heterocycles. The lowest BCUT2D eigenvalue weighted by Crippen LogP contribution is -2.25. The van der Waals surface area contributed by atoms with E-state index in [4.69, 9.17) is 23.1 Å². The predicted molar refractivity (Wildman–Crippen MR) is 65.1 cm³/mol. The number of hydrogen-bond acceptors (Lipinski definition) is 2. The summed E-state index contributed by atoms with van der Waals surface area (Å²) in [6, 6.07) is 4.76. The van der Waals surface area contributed by atoms with Gasteiger partial charge in [0.2, 0.25) is 0 Å². The Morgan fingerprint density at radius 3 is 2.81 bits per heavy atom. The third-order valence-electron chi connectivity index (χ3n) is 2.19. The summed E-state index contributed by atoms with van der Waals surface area (Å²) in [5, 5.41) is 9.47. The van der Waals surface area contributed by atoms with Crippen LogP contribution in [-0.2, 0) is 0 Å². The Balaban J connectivity index is 3.21. The summed E-state index contributed by atoms with van der Waals surface area (Å²) in [6.45, 7) is 2.93. The van der Waals surface area contributed by atoms with E-state index in [0.717, 1.165) is 0 Å². The fraction of sp³-hybridized carbons (Fsp3) is 0.250. The van der Waals surface area contributed by atoms with Crippen molar-refractivity contribution in [2.45, 2.75) is 6.92 Å². The summed E-state index contributed by atoms with van der Waals surface area (Å²) in [4.78, 5) is 12.9. The Bertz CT molecular complexity index is 437. The fourth-order valence-electron chi connectivity index (χ4n) is 1.43. The summed E-state index contributed by atoms with van der Waals surface area (Å²) in [6.07, 6.45) is 5.23. The molecule has 1 aromatic rings. The zero-order valence-electron chi connectivity index (χ0n) is 8.90. The molecule has 16 heavy (non-hydrogen) atoms. The van der Waals surface area contributed by atoms with Crippen molar-refractivity contribution < 1.29 is 9.90 Å². The van der Waals surface area contributed by atoms with Crippen LogP contribution < -0.4 is 4.90 Å². The van der Waals surface area contributed by atoms with Gasteiger partial charge in [0.05, 0.1) is 17.8 Å². The van der Waals surface area contributed by atoms with Crippen LogP contribution in [-0.4, -0.2) is 24.2 Å². The van der Waals surface area contributed by atoms with Crippen LogP contribution in [0.3, 0.4) is 0 Å². The molecule has 0 radical (unpaired) electrons. The number of benzene rings is 1. The van der Waals surface area contributed by atoms with Crippen LogP contribution in [0, 0.1) is 12.3 Å². The highest BCUT2D eigenvalue weighted by atomic mass is 35.5. The lowest BCUT2D eigenvalue weighted by molar-refractivity contribution is 0.0697. The molecule has 0 unspecified atom stereocenters. The Hall–Kier alpha value is -1.66. The quantitative estimate of drug-likeness (QED) is 0.818. The van der Waals surface area contributed by atoms with E-state index >= 15 is 0 Å². The smallest absolute Gasteiger partial charge is 0.337 e. The lowest BCUT2D eigenvalue weighted by atomic mass is 10.1. The van der Waals surface area contributed by atoms with Crippen LogP contribution in [0.5, 0.6) is 0 Å². The molecule has 0 amide bonds. The van der Waals surface area contributed by atoms with Gasteiger partial charge < -0.3 is 10.0 Å². The molecule has 0 heterocycles. The van der Waals surface area contributed by atoms with E-state index in [9.17, 15) is 4.79 Å². The van der Waals surface area contributed by atoms with Crippen molar-refractivity contribution in [1.29, 1.82) is 0 Å². The average molecular weight is 238 g/mol. The van der Waals surface area contributed by atoms with Gasteiger partial charge in [-0.15, -0.1) is 6.42 Å². The maximum Gasteiger partial charge on any atom is 0.337 e. The Labute approximate surface area is 99.6 Å². The Kier molecular flexibility index (Phi) is 4.21. The largest absolute Gasteiger partial charge is 0.478 e. The van der Waals surface area contributed by atoms with E-state index in [1.165, 1.54) is 6.07 Å². The summed E-state index contributed by atoms with van der Waals surface area (Å²) in [5.74, 6) is 1.49. The third kappa shape index (κ3) is 2.68. The molecule has 0 saturated heterocycles. The number of carboxylic acid groups (broad SMARTS) is 1. The highest BCUT2D eigenvalue weighted by molar-refractivity contribution is 6.31. The standard InChI is InChI=1S/C12H12ClNO2/c1-3-7-14(4-2)11-6-5-9(13)8-10(11)12(15)16/h1,5-6,8H,4,7H2,2H3,(H,15,16). The molecule has 1 N–H and O–H groups in total. The molecule has 0 aliphatic carbocycles. The number of nitrogens with zero attached hydrogens (tertiary/aromatic N) is 1. The third-order valence-corrected chi connectivity index (χ3v) is 2.43. The van der Waals surface area contributed by atoms with E-state index in [-0.39, 0.29) is 5.56 Å². The number of carboxylic acids is 1. The normalized spacial score (nSPS) is 9.56. The van der Waals surface area contributed by atoms with Crippen LogP contribution in [0.15, 0.2) is 18.2 Å². The lowest BCUT2D eigenvalue weighted by Gasteiger charge is -2.22. The van der Waals surface area contributed by atoms with Gasteiger partial charge in [-0.2, -0.15) is 0 Å². The molecule has 84 valence electrons. The molecule has 0 bridgehead atoms. The van der Waals surface area contributed by atoms with Crippen molar-refractivity contribution in [3.05, 3.63) is 28.8 Å². The van der Waals surface area contributed by atoms with E-state index in [0.29, 0.717) is 23.8 Å². The van der Waals surface area contributed by atoms with Gasteiger partial charge in [-0.25, -0.2) is 4.79 Å². The maximum atomic E-state index is 11.1. The molecule has 0 saturated carbocycles. The van der Waals surface area contributed by atoms with Gasteiger partial charge in [-0.1, -0.05) is 17.5 Å². The fourth-order valence-corrected chi connectivity index (χ4v) is 1.60. The molecule has 0 atom stereocenters. The van der Waals surface area contributed by atoms with Crippen molar-refractivity contribution in [1.82, 2.24) is 0 Å². The molecule has 1 aromatic carbocycles. The number of anilines is 1. The number of aromatic carboxylic acids is 1. The molecule has 0 spiro atoms. The minimum atomic E-state index is -1.01. The Morgan fingerprint density at radius 1 is 1.62 bits per heavy atom. The van der Waals surface area contributed by atoms with Gasteiger partial charge in [-0.05, 0) is 25.1 Å². The first-order chi connectivity index (χ1) is 7.60. The molecule has 4 heteroatoms. The van der Waals surface area contributed by atoms with Gasteiger partial charge >= 0.3 is 5.97 Å². The first kappa shape index (κ1) is 12.4. The second-order valence-electron chi connectivity index (χ2n) is 3.18. The minimum absolute atomic E-state index is 0.171. The monoisotopic (exact) mass is 237 g/mol. The van der Waals surface area contributed by atoms with Gasteiger partial charge in [0.1, 0.15) is 0 Å². The molecular weight excluding hydrogens is 226 g/mol. The Morgan fingerprint density at radius 2 is 2.31 bits per heavy atom. The van der Waals surface area contributed by atoms with E-state index in [2.05, 4.69) is 5.92 Å². The van der Waals surface area contributed by atoms with Crippen LogP contribution in [0.1, 0.15) is 17.3 Å². The second-order valence-corrected chi connectivity index (χ2v) is 3.62. The summed E-state index contributed by atoms with van der Waals surface area (Å²) in [7, 11) is 0. The predicted octanol–water partition coefficient (Wildman–Crippen LogP) is 2.50. The SMILES string of the molecule is C#CCN(CC)c1ccc(Cl)cc1C(=O)O. The van der Waals surface area contributed by atoms with Gasteiger partial charge in [-0.3, -0.25) is 0 Å². The molecular formula is C12H12ClNO2. The van der Waals surface area contributed by atoms with Crippen LogP contribution >= 0.6 is 11.6 Å². The average Bonchev–Trinajstić information content (AvgIpc) is 2.26. The van der Waals surface area contributed by atoms with Crippen molar-refractivity contribution >= 4 is 23.3 Å². The van der Waals surface area contributed by atoms with Gasteiger partial charge in [0.15, 0.2) is 0 Å². The zero-order chi connectivity index (χ0) is 12.1. The van der Waals surface area contributed by atoms with Crippen LogP contribution in [0.4, 0.5) is 5.69 Å². The number of rotatable bonds is 4. The first-order valence-corrected chi connectivity index (χ1v) is 5.19. The highest BCUT2D eigenvalue weighted by Crippen LogP contribution is 2.24. The van der Waals surface area contributed by atoms with Gasteiger partial charge in [0, 0.05) is 11.6 Å². The van der Waals surface area contributed by atoms with Crippen LogP contribution in [0.25, 0.3) is 0 Å². The molecule has 0 aromatic heterocycles. The van der Waals surface area contributed by atoms with Crippen molar-refractivity contribution in [3.8, 4) is 12.3 Å². The topological polar surface area (TPSA) is 40.5 Å². The minimum Gasteiger partial charge on any atom is -0.478 e.